The second-order valence-electron chi connectivity index (χ2n) is 6.84. The topological polar surface area (TPSA) is 86.3 Å². The van der Waals surface area contributed by atoms with Gasteiger partial charge in [0.25, 0.3) is 0 Å². The number of nitrogens with one attached hydrogen (secondary N) is 1. The zero-order valence-corrected chi connectivity index (χ0v) is 17.3. The largest absolute Gasteiger partial charge is 0.497 e. The van der Waals surface area contributed by atoms with Gasteiger partial charge in [-0.25, -0.2) is 0 Å². The summed E-state index contributed by atoms with van der Waals surface area (Å²) >= 11 is 0. The normalized spacial score (nSPS) is 16.2. The lowest BCUT2D eigenvalue weighted by atomic mass is 10.1. The van der Waals surface area contributed by atoms with Crippen LogP contribution in [0.4, 0.5) is 0 Å². The Hall–Kier alpha value is -3.26. The van der Waals surface area contributed by atoms with Crippen LogP contribution in [-0.4, -0.2) is 57.3 Å². The highest BCUT2D eigenvalue weighted by molar-refractivity contribution is 5.89. The third kappa shape index (κ3) is 5.21. The van der Waals surface area contributed by atoms with Crippen molar-refractivity contribution in [2.24, 2.45) is 0 Å². The summed E-state index contributed by atoms with van der Waals surface area (Å²) < 4.78 is 21.0. The van der Waals surface area contributed by atoms with E-state index in [0.717, 1.165) is 16.9 Å². The van der Waals surface area contributed by atoms with Crippen LogP contribution in [0.25, 0.3) is 0 Å². The van der Waals surface area contributed by atoms with Gasteiger partial charge in [0.15, 0.2) is 0 Å². The second kappa shape index (κ2) is 9.98. The highest BCUT2D eigenvalue weighted by atomic mass is 16.5. The van der Waals surface area contributed by atoms with E-state index < -0.39 is 6.04 Å². The molecule has 0 aromatic heterocycles. The highest BCUT2D eigenvalue weighted by Gasteiger charge is 2.34. The van der Waals surface area contributed by atoms with Crippen molar-refractivity contribution in [2.45, 2.75) is 19.1 Å². The van der Waals surface area contributed by atoms with Gasteiger partial charge < -0.3 is 29.2 Å². The molecule has 160 valence electrons. The lowest BCUT2D eigenvalue weighted by Gasteiger charge is -2.34. The number of carbonyl (C=O) groups is 2. The first-order valence-electron chi connectivity index (χ1n) is 9.54. The Morgan fingerprint density at radius 1 is 1.00 bits per heavy atom. The van der Waals surface area contributed by atoms with Crippen LogP contribution >= 0.6 is 0 Å². The van der Waals surface area contributed by atoms with Gasteiger partial charge in [-0.2, -0.15) is 0 Å². The molecule has 3 rings (SSSR count). The number of rotatable bonds is 8. The minimum absolute atomic E-state index is 0.0347. The predicted molar refractivity (Wildman–Crippen MR) is 110 cm³/mol. The third-order valence-corrected chi connectivity index (χ3v) is 4.89. The zero-order valence-electron chi connectivity index (χ0n) is 17.3. The van der Waals surface area contributed by atoms with Crippen molar-refractivity contribution >= 4 is 11.8 Å². The van der Waals surface area contributed by atoms with Gasteiger partial charge in [0.2, 0.25) is 11.8 Å². The SMILES string of the molecule is COc1ccc(CN2C(=O)COC[C@H]2C(=O)NCc2cc(OC)cc(OC)c2)cc1. The molecule has 0 aliphatic carbocycles. The van der Waals surface area contributed by atoms with E-state index in [1.807, 2.05) is 36.4 Å². The molecule has 0 saturated carbocycles. The van der Waals surface area contributed by atoms with Crippen molar-refractivity contribution in [1.82, 2.24) is 10.2 Å². The lowest BCUT2D eigenvalue weighted by Crippen LogP contribution is -2.55. The van der Waals surface area contributed by atoms with Gasteiger partial charge in [0.05, 0.1) is 27.9 Å². The second-order valence-corrected chi connectivity index (χ2v) is 6.84. The number of nitrogens with zero attached hydrogens (tertiary/aromatic N) is 1. The summed E-state index contributed by atoms with van der Waals surface area (Å²) in [6, 6.07) is 12.1. The molecule has 1 saturated heterocycles. The van der Waals surface area contributed by atoms with Crippen LogP contribution in [0.5, 0.6) is 17.2 Å². The van der Waals surface area contributed by atoms with Crippen molar-refractivity contribution < 1.29 is 28.5 Å². The van der Waals surface area contributed by atoms with E-state index in [1.165, 1.54) is 0 Å². The van der Waals surface area contributed by atoms with Crippen molar-refractivity contribution in [3.05, 3.63) is 53.6 Å². The van der Waals surface area contributed by atoms with Gasteiger partial charge in [-0.1, -0.05) is 12.1 Å². The van der Waals surface area contributed by atoms with Gasteiger partial charge in [0, 0.05) is 19.2 Å². The van der Waals surface area contributed by atoms with Crippen LogP contribution in [0.15, 0.2) is 42.5 Å². The molecule has 1 heterocycles. The van der Waals surface area contributed by atoms with Gasteiger partial charge in [-0.05, 0) is 35.4 Å². The first kappa shape index (κ1) is 21.4. The summed E-state index contributed by atoms with van der Waals surface area (Å²) in [7, 11) is 4.73. The number of hydrogen-bond acceptors (Lipinski definition) is 6. The standard InChI is InChI=1S/C22H26N2O6/c1-27-17-6-4-15(5-7-17)12-24-20(13-30-14-21(24)25)22(26)23-11-16-8-18(28-2)10-19(9-16)29-3/h4-10,20H,11-14H2,1-3H3,(H,23,26)/t20-/m0/s1. The van der Waals surface area contributed by atoms with Crippen LogP contribution in [0, 0.1) is 0 Å². The van der Waals surface area contributed by atoms with Crippen molar-refractivity contribution in [3.63, 3.8) is 0 Å². The number of morpholine rings is 1. The summed E-state index contributed by atoms with van der Waals surface area (Å²) in [4.78, 5) is 26.8. The van der Waals surface area contributed by atoms with Gasteiger partial charge in [-0.3, -0.25) is 9.59 Å². The summed E-state index contributed by atoms with van der Waals surface area (Å²) in [5.41, 5.74) is 1.73. The van der Waals surface area contributed by atoms with Crippen molar-refractivity contribution in [2.75, 3.05) is 34.5 Å². The summed E-state index contributed by atoms with van der Waals surface area (Å²) in [5.74, 6) is 1.50. The van der Waals surface area contributed by atoms with Crippen LogP contribution < -0.4 is 19.5 Å². The maximum Gasteiger partial charge on any atom is 0.249 e. The molecular weight excluding hydrogens is 388 g/mol. The Morgan fingerprint density at radius 2 is 1.63 bits per heavy atom. The van der Waals surface area contributed by atoms with E-state index in [4.69, 9.17) is 18.9 Å². The third-order valence-electron chi connectivity index (χ3n) is 4.89. The van der Waals surface area contributed by atoms with Crippen LogP contribution in [0.1, 0.15) is 11.1 Å². The average Bonchev–Trinajstić information content (AvgIpc) is 2.78. The smallest absolute Gasteiger partial charge is 0.249 e. The fourth-order valence-corrected chi connectivity index (χ4v) is 3.22. The number of ether oxygens (including phenoxy) is 4. The van der Waals surface area contributed by atoms with Crippen LogP contribution in [-0.2, 0) is 27.4 Å². The molecule has 8 heteroatoms. The lowest BCUT2D eigenvalue weighted by molar-refractivity contribution is -0.155. The Bertz CT molecular complexity index is 861. The maximum atomic E-state index is 12.9. The van der Waals surface area contributed by atoms with E-state index in [9.17, 15) is 9.59 Å². The molecule has 2 amide bonds. The monoisotopic (exact) mass is 414 g/mol. The van der Waals surface area contributed by atoms with E-state index in [0.29, 0.717) is 18.0 Å². The molecule has 1 N–H and O–H groups in total. The number of hydrogen-bond donors (Lipinski definition) is 1. The van der Waals surface area contributed by atoms with E-state index in [2.05, 4.69) is 5.32 Å². The van der Waals surface area contributed by atoms with Crippen LogP contribution in [0.2, 0.25) is 0 Å². The van der Waals surface area contributed by atoms with E-state index >= 15 is 0 Å². The number of amides is 2. The molecule has 1 atom stereocenters. The Labute approximate surface area is 175 Å². The molecule has 1 fully saturated rings. The highest BCUT2D eigenvalue weighted by Crippen LogP contribution is 2.22. The molecule has 0 spiro atoms. The molecule has 2 aromatic rings. The fraction of sp³-hybridized carbons (Fsp3) is 0.364. The predicted octanol–water partition coefficient (Wildman–Crippen LogP) is 1.76. The van der Waals surface area contributed by atoms with Gasteiger partial charge in [0.1, 0.15) is 29.9 Å². The molecule has 0 radical (unpaired) electrons. The van der Waals surface area contributed by atoms with Crippen molar-refractivity contribution in [3.8, 4) is 17.2 Å². The Balaban J connectivity index is 1.68. The zero-order chi connectivity index (χ0) is 21.5. The molecule has 2 aromatic carbocycles. The first-order chi connectivity index (χ1) is 14.5. The van der Waals surface area contributed by atoms with E-state index in [-0.39, 0.29) is 31.6 Å². The Morgan fingerprint density at radius 3 is 2.23 bits per heavy atom. The minimum atomic E-state index is -0.708. The quantitative estimate of drug-likeness (QED) is 0.708. The summed E-state index contributed by atoms with van der Waals surface area (Å²) in [6.45, 7) is 0.701. The number of carbonyl (C=O) groups excluding carboxylic acids is 2. The Kier molecular flexibility index (Phi) is 7.13. The fourth-order valence-electron chi connectivity index (χ4n) is 3.22. The summed E-state index contributed by atoms with van der Waals surface area (Å²) in [5, 5.41) is 2.88. The summed E-state index contributed by atoms with van der Waals surface area (Å²) in [6.07, 6.45) is 0. The molecule has 1 aliphatic rings. The molecule has 0 unspecified atom stereocenters. The number of benzene rings is 2. The molecule has 30 heavy (non-hydrogen) atoms. The van der Waals surface area contributed by atoms with Gasteiger partial charge >= 0.3 is 0 Å². The first-order valence-corrected chi connectivity index (χ1v) is 9.54. The molecule has 0 bridgehead atoms. The number of methoxy groups -OCH3 is 3. The minimum Gasteiger partial charge on any atom is -0.497 e. The van der Waals surface area contributed by atoms with Crippen LogP contribution in [0.3, 0.4) is 0 Å². The van der Waals surface area contributed by atoms with Crippen molar-refractivity contribution in [1.29, 1.82) is 0 Å². The molecule has 1 aliphatic heterocycles. The average molecular weight is 414 g/mol. The molecular formula is C22H26N2O6. The molecule has 8 nitrogen and oxygen atoms in total. The van der Waals surface area contributed by atoms with Gasteiger partial charge in [-0.15, -0.1) is 0 Å². The maximum absolute atomic E-state index is 12.9. The van der Waals surface area contributed by atoms with E-state index in [1.54, 1.807) is 32.3 Å².